The van der Waals surface area contributed by atoms with Crippen molar-refractivity contribution in [3.8, 4) is 0 Å². The number of halogens is 2. The highest BCUT2D eigenvalue weighted by atomic mass is 35.5. The normalized spacial score (nSPS) is 17.5. The smallest absolute Gasteiger partial charge is 0.251 e. The average molecular weight is 609 g/mol. The summed E-state index contributed by atoms with van der Waals surface area (Å²) in [4.78, 5) is 27.9. The van der Waals surface area contributed by atoms with E-state index < -0.39 is 0 Å². The van der Waals surface area contributed by atoms with E-state index in [2.05, 4.69) is 20.9 Å². The number of amides is 1. The molecule has 0 radical (unpaired) electrons. The molecule has 1 saturated heterocycles. The number of carbonyl (C=O) groups excluding carboxylic acids is 1. The van der Waals surface area contributed by atoms with Gasteiger partial charge in [0.2, 0.25) is 0 Å². The van der Waals surface area contributed by atoms with E-state index >= 15 is 0 Å². The second kappa shape index (κ2) is 11.6. The Balaban J connectivity index is 1.28. The fourth-order valence-electron chi connectivity index (χ4n) is 5.70. The Morgan fingerprint density at radius 3 is 2.63 bits per heavy atom. The number of furan rings is 1. The SMILES string of the molecule is O=C(NCc1ccco1)c1ccc(N2C[C@H]3C[C@@H](C2)c2cccc(=O)n2C3)c(NC(=S)Nc2ccc(Cl)cc2Cl)c1. The zero-order chi connectivity index (χ0) is 28.5. The van der Waals surface area contributed by atoms with Gasteiger partial charge in [0.1, 0.15) is 5.76 Å². The van der Waals surface area contributed by atoms with E-state index in [1.165, 1.54) is 0 Å². The zero-order valence-corrected chi connectivity index (χ0v) is 24.2. The molecule has 0 unspecified atom stereocenters. The molecule has 0 spiro atoms. The topological polar surface area (TPSA) is 91.5 Å². The van der Waals surface area contributed by atoms with Gasteiger partial charge in [-0.15, -0.1) is 0 Å². The fraction of sp³-hybridized carbons (Fsp3) is 0.233. The van der Waals surface area contributed by atoms with Gasteiger partial charge in [0.05, 0.1) is 34.9 Å². The molecule has 4 heterocycles. The number of hydrogen-bond donors (Lipinski definition) is 3. The van der Waals surface area contributed by atoms with Gasteiger partial charge in [-0.3, -0.25) is 9.59 Å². The molecule has 210 valence electrons. The lowest BCUT2D eigenvalue weighted by atomic mass is 9.83. The molecule has 2 atom stereocenters. The first-order chi connectivity index (χ1) is 19.8. The molecule has 6 rings (SSSR count). The van der Waals surface area contributed by atoms with Crippen molar-refractivity contribution in [3.63, 3.8) is 0 Å². The van der Waals surface area contributed by atoms with Crippen LogP contribution in [0.1, 0.15) is 34.2 Å². The summed E-state index contributed by atoms with van der Waals surface area (Å²) in [6, 6.07) is 19.8. The summed E-state index contributed by atoms with van der Waals surface area (Å²) in [7, 11) is 0. The summed E-state index contributed by atoms with van der Waals surface area (Å²) in [5.74, 6) is 0.971. The summed E-state index contributed by atoms with van der Waals surface area (Å²) in [6.07, 6.45) is 2.60. The first kappa shape index (κ1) is 27.4. The third kappa shape index (κ3) is 5.98. The van der Waals surface area contributed by atoms with Crippen LogP contribution in [-0.2, 0) is 13.1 Å². The van der Waals surface area contributed by atoms with Crippen LogP contribution in [-0.4, -0.2) is 28.7 Å². The number of carbonyl (C=O) groups is 1. The third-order valence-corrected chi connectivity index (χ3v) is 8.26. The molecule has 4 aromatic rings. The summed E-state index contributed by atoms with van der Waals surface area (Å²) in [5, 5.41) is 10.6. The van der Waals surface area contributed by atoms with Gasteiger partial charge in [-0.2, -0.15) is 0 Å². The van der Waals surface area contributed by atoms with Crippen LogP contribution in [0.25, 0.3) is 0 Å². The number of pyridine rings is 1. The maximum Gasteiger partial charge on any atom is 0.251 e. The molecule has 2 bridgehead atoms. The van der Waals surface area contributed by atoms with Crippen LogP contribution in [0.3, 0.4) is 0 Å². The minimum Gasteiger partial charge on any atom is -0.467 e. The van der Waals surface area contributed by atoms with Gasteiger partial charge >= 0.3 is 0 Å². The molecule has 11 heteroatoms. The molecular formula is C30H27Cl2N5O3S. The van der Waals surface area contributed by atoms with Crippen LogP contribution >= 0.6 is 35.4 Å². The molecule has 0 saturated carbocycles. The number of anilines is 3. The average Bonchev–Trinajstić information content (AvgIpc) is 3.48. The Labute approximate surface area is 252 Å². The molecule has 1 amide bonds. The monoisotopic (exact) mass is 607 g/mol. The number of nitrogens with one attached hydrogen (secondary N) is 3. The standard InChI is InChI=1S/C30H27Cl2N5O3S/c31-21-7-8-24(23(32)13-21)34-30(41)35-25-12-19(29(39)33-14-22-3-2-10-40-22)6-9-27(25)36-15-18-11-20(17-36)26-4-1-5-28(38)37(26)16-18/h1-10,12-13,18,20H,11,14-17H2,(H,33,39)(H2,34,35,41)/t18-,20+/m1/s1. The van der Waals surface area contributed by atoms with Crippen molar-refractivity contribution in [2.24, 2.45) is 5.92 Å². The van der Waals surface area contributed by atoms with Crippen molar-refractivity contribution in [2.75, 3.05) is 28.6 Å². The van der Waals surface area contributed by atoms with Gasteiger partial charge in [-0.1, -0.05) is 29.3 Å². The first-order valence-corrected chi connectivity index (χ1v) is 14.4. The van der Waals surface area contributed by atoms with Crippen molar-refractivity contribution >= 4 is 63.5 Å². The van der Waals surface area contributed by atoms with Gasteiger partial charge in [0.25, 0.3) is 11.5 Å². The summed E-state index contributed by atoms with van der Waals surface area (Å²) in [5.41, 5.74) is 3.80. The van der Waals surface area contributed by atoms with E-state index in [1.54, 1.807) is 42.7 Å². The Morgan fingerprint density at radius 2 is 1.83 bits per heavy atom. The zero-order valence-electron chi connectivity index (χ0n) is 21.9. The van der Waals surface area contributed by atoms with Crippen molar-refractivity contribution in [3.05, 3.63) is 110 Å². The lowest BCUT2D eigenvalue weighted by Crippen LogP contribution is -2.47. The molecule has 2 aliphatic heterocycles. The number of benzene rings is 2. The maximum absolute atomic E-state index is 13.1. The number of hydrogen-bond acceptors (Lipinski definition) is 5. The first-order valence-electron chi connectivity index (χ1n) is 13.3. The van der Waals surface area contributed by atoms with Gasteiger partial charge in [0, 0.05) is 47.9 Å². The fourth-order valence-corrected chi connectivity index (χ4v) is 6.37. The predicted molar refractivity (Wildman–Crippen MR) is 166 cm³/mol. The van der Waals surface area contributed by atoms with Crippen LogP contribution in [0.15, 0.2) is 82.2 Å². The Hall–Kier alpha value is -3.79. The van der Waals surface area contributed by atoms with Gasteiger partial charge in [-0.25, -0.2) is 0 Å². The third-order valence-electron chi connectivity index (χ3n) is 7.51. The molecule has 2 aromatic carbocycles. The minimum atomic E-state index is -0.237. The van der Waals surface area contributed by atoms with Crippen molar-refractivity contribution in [1.29, 1.82) is 0 Å². The lowest BCUT2D eigenvalue weighted by molar-refractivity contribution is 0.0948. The highest BCUT2D eigenvalue weighted by Crippen LogP contribution is 2.39. The van der Waals surface area contributed by atoms with Crippen molar-refractivity contribution < 1.29 is 9.21 Å². The van der Waals surface area contributed by atoms with E-state index in [-0.39, 0.29) is 23.9 Å². The van der Waals surface area contributed by atoms with Crippen LogP contribution < -0.4 is 26.4 Å². The highest BCUT2D eigenvalue weighted by molar-refractivity contribution is 7.80. The molecule has 41 heavy (non-hydrogen) atoms. The van der Waals surface area contributed by atoms with Gasteiger partial charge < -0.3 is 29.8 Å². The molecule has 3 N–H and O–H groups in total. The molecule has 2 aliphatic rings. The molecule has 0 aliphatic carbocycles. The Morgan fingerprint density at radius 1 is 0.976 bits per heavy atom. The molecule has 2 aromatic heterocycles. The Kier molecular flexibility index (Phi) is 7.75. The second-order valence-electron chi connectivity index (χ2n) is 10.3. The quantitative estimate of drug-likeness (QED) is 0.228. The predicted octanol–water partition coefficient (Wildman–Crippen LogP) is 6.11. The van der Waals surface area contributed by atoms with Crippen molar-refractivity contribution in [1.82, 2.24) is 9.88 Å². The van der Waals surface area contributed by atoms with Gasteiger partial charge in [0.15, 0.2) is 5.11 Å². The van der Waals surface area contributed by atoms with E-state index in [1.807, 2.05) is 34.9 Å². The highest BCUT2D eigenvalue weighted by Gasteiger charge is 2.35. The second-order valence-corrected chi connectivity index (χ2v) is 11.6. The number of rotatable bonds is 6. The Bertz CT molecular complexity index is 1670. The minimum absolute atomic E-state index is 0.0511. The summed E-state index contributed by atoms with van der Waals surface area (Å²) < 4.78 is 7.25. The van der Waals surface area contributed by atoms with E-state index in [4.69, 9.17) is 39.8 Å². The molecule has 8 nitrogen and oxygen atoms in total. The summed E-state index contributed by atoms with van der Waals surface area (Å²) >= 11 is 18.0. The largest absolute Gasteiger partial charge is 0.467 e. The van der Waals surface area contributed by atoms with Crippen LogP contribution in [0.5, 0.6) is 0 Å². The van der Waals surface area contributed by atoms with Crippen molar-refractivity contribution in [2.45, 2.75) is 25.4 Å². The lowest BCUT2D eigenvalue weighted by Gasteiger charge is -2.44. The number of aromatic nitrogens is 1. The number of fused-ring (bicyclic) bond motifs is 4. The van der Waals surface area contributed by atoms with Crippen LogP contribution in [0.4, 0.5) is 17.1 Å². The van der Waals surface area contributed by atoms with Gasteiger partial charge in [-0.05, 0) is 79.2 Å². The van der Waals surface area contributed by atoms with E-state index in [0.717, 1.165) is 30.9 Å². The maximum atomic E-state index is 13.1. The molecular weight excluding hydrogens is 581 g/mol. The number of piperidine rings is 1. The number of thiocarbonyl (C=S) groups is 1. The summed E-state index contributed by atoms with van der Waals surface area (Å²) in [6.45, 7) is 2.48. The van der Waals surface area contributed by atoms with Crippen LogP contribution in [0.2, 0.25) is 10.0 Å². The van der Waals surface area contributed by atoms with E-state index in [0.29, 0.717) is 50.3 Å². The van der Waals surface area contributed by atoms with Crippen LogP contribution in [0, 0.1) is 5.92 Å². The number of nitrogens with zero attached hydrogens (tertiary/aromatic N) is 2. The molecule has 1 fully saturated rings. The van der Waals surface area contributed by atoms with E-state index in [9.17, 15) is 9.59 Å².